The summed E-state index contributed by atoms with van der Waals surface area (Å²) in [6.07, 6.45) is 7.43. The summed E-state index contributed by atoms with van der Waals surface area (Å²) in [5.74, 6) is 3.12. The van der Waals surface area contributed by atoms with E-state index >= 15 is 0 Å². The van der Waals surface area contributed by atoms with E-state index in [0.29, 0.717) is 0 Å². The maximum absolute atomic E-state index is 3.92. The standard InChI is InChI=1S/C15H28N2/c1-10-6-14(9-17(10)3)16-11(2)15-8-12-4-5-13(15)7-12/h10-16H,4-9H2,1-3H3. The zero-order valence-electron chi connectivity index (χ0n) is 11.7. The number of likely N-dealkylation sites (N-methyl/N-ethyl adjacent to an activating group) is 1. The van der Waals surface area contributed by atoms with Gasteiger partial charge in [0.25, 0.3) is 0 Å². The van der Waals surface area contributed by atoms with E-state index in [1.165, 1.54) is 38.6 Å². The lowest BCUT2D eigenvalue weighted by Gasteiger charge is -2.30. The monoisotopic (exact) mass is 236 g/mol. The van der Waals surface area contributed by atoms with E-state index in [2.05, 4.69) is 31.1 Å². The van der Waals surface area contributed by atoms with Gasteiger partial charge in [-0.2, -0.15) is 0 Å². The van der Waals surface area contributed by atoms with Crippen molar-refractivity contribution in [3.8, 4) is 0 Å². The molecule has 0 aromatic rings. The maximum atomic E-state index is 3.92. The van der Waals surface area contributed by atoms with Crippen molar-refractivity contribution < 1.29 is 0 Å². The fourth-order valence-corrected chi connectivity index (χ4v) is 4.72. The van der Waals surface area contributed by atoms with E-state index in [9.17, 15) is 0 Å². The summed E-state index contributed by atoms with van der Waals surface area (Å²) in [7, 11) is 2.26. The van der Waals surface area contributed by atoms with Crippen molar-refractivity contribution in [2.24, 2.45) is 17.8 Å². The van der Waals surface area contributed by atoms with E-state index < -0.39 is 0 Å². The Bertz CT molecular complexity index is 268. The van der Waals surface area contributed by atoms with E-state index in [1.807, 2.05) is 0 Å². The minimum Gasteiger partial charge on any atom is -0.310 e. The van der Waals surface area contributed by atoms with Crippen LogP contribution in [-0.2, 0) is 0 Å². The third kappa shape index (κ3) is 2.26. The third-order valence-electron chi connectivity index (χ3n) is 5.82. The molecule has 98 valence electrons. The molecule has 2 aliphatic carbocycles. The van der Waals surface area contributed by atoms with Gasteiger partial charge >= 0.3 is 0 Å². The van der Waals surface area contributed by atoms with Crippen LogP contribution in [0.4, 0.5) is 0 Å². The number of likely N-dealkylation sites (tertiary alicyclic amines) is 1. The molecule has 2 saturated carbocycles. The molecule has 2 nitrogen and oxygen atoms in total. The van der Waals surface area contributed by atoms with Gasteiger partial charge in [0.1, 0.15) is 0 Å². The fourth-order valence-electron chi connectivity index (χ4n) is 4.72. The molecule has 1 aliphatic heterocycles. The number of rotatable bonds is 3. The second kappa shape index (κ2) is 4.55. The summed E-state index contributed by atoms with van der Waals surface area (Å²) in [6, 6.07) is 2.25. The number of hydrogen-bond acceptors (Lipinski definition) is 2. The molecule has 0 radical (unpaired) electrons. The lowest BCUT2D eigenvalue weighted by molar-refractivity contribution is 0.244. The lowest BCUT2D eigenvalue weighted by atomic mass is 9.83. The van der Waals surface area contributed by atoms with E-state index in [-0.39, 0.29) is 0 Å². The summed E-state index contributed by atoms with van der Waals surface area (Å²) in [5.41, 5.74) is 0. The van der Waals surface area contributed by atoms with E-state index in [1.54, 1.807) is 0 Å². The highest BCUT2D eigenvalue weighted by atomic mass is 15.2. The SMILES string of the molecule is CC(NC1CC(C)N(C)C1)C1CC2CCC1C2. The highest BCUT2D eigenvalue weighted by Crippen LogP contribution is 2.49. The molecule has 6 atom stereocenters. The minimum absolute atomic E-state index is 0.740. The quantitative estimate of drug-likeness (QED) is 0.810. The van der Waals surface area contributed by atoms with Gasteiger partial charge in [0.05, 0.1) is 0 Å². The van der Waals surface area contributed by atoms with Crippen LogP contribution >= 0.6 is 0 Å². The molecule has 0 aromatic heterocycles. The molecular formula is C15H28N2. The van der Waals surface area contributed by atoms with Crippen LogP contribution in [0, 0.1) is 17.8 Å². The molecule has 0 spiro atoms. The van der Waals surface area contributed by atoms with Gasteiger partial charge in [0.2, 0.25) is 0 Å². The smallest absolute Gasteiger partial charge is 0.0212 e. The second-order valence-corrected chi connectivity index (χ2v) is 7.02. The molecule has 0 amide bonds. The summed E-state index contributed by atoms with van der Waals surface area (Å²) in [6.45, 7) is 6.03. The third-order valence-corrected chi connectivity index (χ3v) is 5.82. The minimum atomic E-state index is 0.740. The van der Waals surface area contributed by atoms with Gasteiger partial charge in [-0.05, 0) is 64.3 Å². The highest BCUT2D eigenvalue weighted by molar-refractivity contribution is 4.96. The van der Waals surface area contributed by atoms with Crippen molar-refractivity contribution in [3.05, 3.63) is 0 Å². The molecule has 2 bridgehead atoms. The second-order valence-electron chi connectivity index (χ2n) is 7.02. The van der Waals surface area contributed by atoms with Gasteiger partial charge in [-0.15, -0.1) is 0 Å². The van der Waals surface area contributed by atoms with E-state index in [4.69, 9.17) is 0 Å². The Morgan fingerprint density at radius 1 is 1.18 bits per heavy atom. The van der Waals surface area contributed by atoms with Gasteiger partial charge in [-0.25, -0.2) is 0 Å². The lowest BCUT2D eigenvalue weighted by Crippen LogP contribution is -2.43. The molecule has 2 heteroatoms. The van der Waals surface area contributed by atoms with Gasteiger partial charge in [0.15, 0.2) is 0 Å². The van der Waals surface area contributed by atoms with Gasteiger partial charge in [-0.1, -0.05) is 6.42 Å². The zero-order chi connectivity index (χ0) is 12.0. The van der Waals surface area contributed by atoms with Gasteiger partial charge in [0, 0.05) is 24.7 Å². The predicted octanol–water partition coefficient (Wildman–Crippen LogP) is 2.49. The van der Waals surface area contributed by atoms with Crippen molar-refractivity contribution in [2.45, 2.75) is 64.1 Å². The average molecular weight is 236 g/mol. The Morgan fingerprint density at radius 2 is 2.00 bits per heavy atom. The topological polar surface area (TPSA) is 15.3 Å². The van der Waals surface area contributed by atoms with Crippen LogP contribution in [0.15, 0.2) is 0 Å². The Labute approximate surface area is 106 Å². The molecule has 1 heterocycles. The van der Waals surface area contributed by atoms with Crippen LogP contribution < -0.4 is 5.32 Å². The molecule has 3 aliphatic rings. The first-order chi connectivity index (χ1) is 8.13. The van der Waals surface area contributed by atoms with Crippen LogP contribution in [-0.4, -0.2) is 36.6 Å². The summed E-state index contributed by atoms with van der Waals surface area (Å²) < 4.78 is 0. The van der Waals surface area contributed by atoms with Gasteiger partial charge < -0.3 is 10.2 Å². The Balaban J connectivity index is 1.52. The van der Waals surface area contributed by atoms with E-state index in [0.717, 1.165) is 35.9 Å². The Hall–Kier alpha value is -0.0800. The van der Waals surface area contributed by atoms with Gasteiger partial charge in [-0.3, -0.25) is 0 Å². The molecule has 1 N–H and O–H groups in total. The normalized spacial score (nSPS) is 47.8. The molecule has 6 unspecified atom stereocenters. The first kappa shape index (κ1) is 12.0. The number of fused-ring (bicyclic) bond motifs is 2. The molecule has 3 rings (SSSR count). The van der Waals surface area contributed by atoms with Crippen LogP contribution in [0.1, 0.15) is 46.0 Å². The number of hydrogen-bond donors (Lipinski definition) is 1. The largest absolute Gasteiger partial charge is 0.310 e. The average Bonchev–Trinajstić information content (AvgIpc) is 2.95. The molecule has 3 fully saturated rings. The molecule has 0 aromatic carbocycles. The van der Waals surface area contributed by atoms with Crippen molar-refractivity contribution in [3.63, 3.8) is 0 Å². The molecule has 1 saturated heterocycles. The van der Waals surface area contributed by atoms with Crippen LogP contribution in [0.3, 0.4) is 0 Å². The fraction of sp³-hybridized carbons (Fsp3) is 1.00. The Morgan fingerprint density at radius 3 is 2.53 bits per heavy atom. The summed E-state index contributed by atoms with van der Waals surface area (Å²) in [4.78, 5) is 2.49. The first-order valence-corrected chi connectivity index (χ1v) is 7.59. The highest BCUT2D eigenvalue weighted by Gasteiger charge is 2.42. The molecule has 17 heavy (non-hydrogen) atoms. The predicted molar refractivity (Wildman–Crippen MR) is 72.0 cm³/mol. The zero-order valence-corrected chi connectivity index (χ0v) is 11.7. The first-order valence-electron chi connectivity index (χ1n) is 7.59. The summed E-state index contributed by atoms with van der Waals surface area (Å²) >= 11 is 0. The van der Waals surface area contributed by atoms with Crippen molar-refractivity contribution >= 4 is 0 Å². The van der Waals surface area contributed by atoms with Crippen LogP contribution in [0.5, 0.6) is 0 Å². The van der Waals surface area contributed by atoms with Crippen molar-refractivity contribution in [1.82, 2.24) is 10.2 Å². The number of nitrogens with zero attached hydrogens (tertiary/aromatic N) is 1. The molecular weight excluding hydrogens is 208 g/mol. The summed E-state index contributed by atoms with van der Waals surface area (Å²) in [5, 5.41) is 3.92. The Kier molecular flexibility index (Phi) is 3.20. The number of nitrogens with one attached hydrogen (secondary N) is 1. The van der Waals surface area contributed by atoms with Crippen LogP contribution in [0.25, 0.3) is 0 Å². The van der Waals surface area contributed by atoms with Crippen molar-refractivity contribution in [1.29, 1.82) is 0 Å². The maximum Gasteiger partial charge on any atom is 0.0212 e. The van der Waals surface area contributed by atoms with Crippen molar-refractivity contribution in [2.75, 3.05) is 13.6 Å². The van der Waals surface area contributed by atoms with Crippen LogP contribution in [0.2, 0.25) is 0 Å².